The summed E-state index contributed by atoms with van der Waals surface area (Å²) in [6, 6.07) is 15.5. The predicted molar refractivity (Wildman–Crippen MR) is 83.7 cm³/mol. The summed E-state index contributed by atoms with van der Waals surface area (Å²) in [6.45, 7) is 0. The Morgan fingerprint density at radius 3 is 2.58 bits per heavy atom. The normalized spacial score (nSPS) is 12.4. The van der Waals surface area contributed by atoms with Crippen molar-refractivity contribution >= 4 is 35.0 Å². The number of thioether (sulfide) groups is 1. The summed E-state index contributed by atoms with van der Waals surface area (Å²) in [5, 5.41) is 1.47. The monoisotopic (exact) mass is 312 g/mol. The van der Waals surface area contributed by atoms with Crippen LogP contribution in [0.4, 0.5) is 0 Å². The average molecular weight is 313 g/mol. The van der Waals surface area contributed by atoms with Gasteiger partial charge in [0.2, 0.25) is 0 Å². The van der Waals surface area contributed by atoms with Crippen LogP contribution >= 0.6 is 35.0 Å². The van der Waals surface area contributed by atoms with E-state index in [1.165, 1.54) is 0 Å². The number of hydrogen-bond acceptors (Lipinski definition) is 3. The second kappa shape index (κ2) is 7.17. The molecule has 2 nitrogen and oxygen atoms in total. The molecule has 100 valence electrons. The van der Waals surface area contributed by atoms with Gasteiger partial charge in [-0.1, -0.05) is 47.5 Å². The Hall–Kier alpha value is -0.710. The fourth-order valence-electron chi connectivity index (χ4n) is 1.70. The summed E-state index contributed by atoms with van der Waals surface area (Å²) < 4.78 is 0. The second-order valence-corrected chi connectivity index (χ2v) is 5.92. The zero-order chi connectivity index (χ0) is 13.7. The van der Waals surface area contributed by atoms with E-state index in [9.17, 15) is 0 Å². The van der Waals surface area contributed by atoms with Crippen molar-refractivity contribution in [3.8, 4) is 0 Å². The van der Waals surface area contributed by atoms with E-state index in [0.717, 1.165) is 21.2 Å². The third kappa shape index (κ3) is 4.13. The second-order valence-electron chi connectivity index (χ2n) is 4.02. The number of rotatable bonds is 5. The summed E-state index contributed by atoms with van der Waals surface area (Å²) in [4.78, 5) is 1.05. The zero-order valence-electron chi connectivity index (χ0n) is 10.1. The lowest BCUT2D eigenvalue weighted by Crippen LogP contribution is -2.29. The molecule has 1 unspecified atom stereocenters. The molecule has 19 heavy (non-hydrogen) atoms. The first kappa shape index (κ1) is 14.7. The van der Waals surface area contributed by atoms with Gasteiger partial charge in [-0.05, 0) is 29.8 Å². The lowest BCUT2D eigenvalue weighted by Gasteiger charge is -2.16. The lowest BCUT2D eigenvalue weighted by molar-refractivity contribution is 0.611. The van der Waals surface area contributed by atoms with Gasteiger partial charge < -0.3 is 0 Å². The van der Waals surface area contributed by atoms with Crippen LogP contribution in [0.1, 0.15) is 11.6 Å². The van der Waals surface area contributed by atoms with Gasteiger partial charge in [-0.25, -0.2) is 0 Å². The molecule has 0 aliphatic rings. The van der Waals surface area contributed by atoms with Crippen LogP contribution in [0.2, 0.25) is 10.0 Å². The number of benzene rings is 2. The summed E-state index contributed by atoms with van der Waals surface area (Å²) in [6.07, 6.45) is 0. The van der Waals surface area contributed by atoms with Crippen LogP contribution in [0.3, 0.4) is 0 Å². The lowest BCUT2D eigenvalue weighted by atomic mass is 10.1. The largest absolute Gasteiger partial charge is 0.271 e. The average Bonchev–Trinajstić information content (AvgIpc) is 2.41. The van der Waals surface area contributed by atoms with Crippen molar-refractivity contribution in [2.45, 2.75) is 10.9 Å². The topological polar surface area (TPSA) is 38.0 Å². The van der Waals surface area contributed by atoms with Crippen LogP contribution in [0.25, 0.3) is 0 Å². The Kier molecular flexibility index (Phi) is 5.55. The molecule has 1 atom stereocenters. The van der Waals surface area contributed by atoms with E-state index in [1.54, 1.807) is 11.8 Å². The highest BCUT2D eigenvalue weighted by Gasteiger charge is 2.11. The third-order valence-electron chi connectivity index (χ3n) is 2.69. The molecule has 0 amide bonds. The number of hydrazine groups is 1. The molecule has 0 radical (unpaired) electrons. The Bertz CT molecular complexity index is 548. The van der Waals surface area contributed by atoms with Crippen LogP contribution < -0.4 is 11.3 Å². The smallest absolute Gasteiger partial charge is 0.0554 e. The first-order valence-corrected chi connectivity index (χ1v) is 7.54. The maximum Gasteiger partial charge on any atom is 0.0554 e. The van der Waals surface area contributed by atoms with E-state index in [4.69, 9.17) is 29.0 Å². The quantitative estimate of drug-likeness (QED) is 0.491. The minimum atomic E-state index is 0.0278. The Labute approximate surface area is 127 Å². The summed E-state index contributed by atoms with van der Waals surface area (Å²) in [7, 11) is 0. The van der Waals surface area contributed by atoms with Crippen LogP contribution in [-0.4, -0.2) is 5.75 Å². The third-order valence-corrected chi connectivity index (χ3v) is 4.54. The molecule has 0 heterocycles. The molecule has 0 spiro atoms. The van der Waals surface area contributed by atoms with Gasteiger partial charge in [0.25, 0.3) is 0 Å². The minimum absolute atomic E-state index is 0.0278. The van der Waals surface area contributed by atoms with Crippen LogP contribution in [0, 0.1) is 0 Å². The van der Waals surface area contributed by atoms with Gasteiger partial charge in [-0.15, -0.1) is 11.8 Å². The fourth-order valence-corrected chi connectivity index (χ4v) is 3.21. The molecule has 5 heteroatoms. The summed E-state index contributed by atoms with van der Waals surface area (Å²) >= 11 is 13.8. The van der Waals surface area contributed by atoms with Gasteiger partial charge in [0.05, 0.1) is 11.1 Å². The maximum atomic E-state index is 6.13. The zero-order valence-corrected chi connectivity index (χ0v) is 12.5. The van der Waals surface area contributed by atoms with E-state index in [0.29, 0.717) is 5.02 Å². The molecule has 2 rings (SSSR count). The van der Waals surface area contributed by atoms with Gasteiger partial charge in [-0.2, -0.15) is 0 Å². The van der Waals surface area contributed by atoms with Gasteiger partial charge >= 0.3 is 0 Å². The number of nitrogens with two attached hydrogens (primary N) is 1. The molecule has 2 aromatic carbocycles. The first-order valence-electron chi connectivity index (χ1n) is 5.79. The highest BCUT2D eigenvalue weighted by molar-refractivity contribution is 7.99. The molecular formula is C14H14Cl2N2S. The highest BCUT2D eigenvalue weighted by atomic mass is 35.5. The molecule has 3 N–H and O–H groups in total. The Balaban J connectivity index is 2.06. The first-order chi connectivity index (χ1) is 9.20. The van der Waals surface area contributed by atoms with E-state index >= 15 is 0 Å². The van der Waals surface area contributed by atoms with Crippen LogP contribution in [0.15, 0.2) is 53.4 Å². The van der Waals surface area contributed by atoms with E-state index in [2.05, 4.69) is 5.43 Å². The van der Waals surface area contributed by atoms with Crippen molar-refractivity contribution in [2.75, 3.05) is 5.75 Å². The van der Waals surface area contributed by atoms with Crippen molar-refractivity contribution in [1.29, 1.82) is 0 Å². The molecule has 0 aromatic heterocycles. The highest BCUT2D eigenvalue weighted by Crippen LogP contribution is 2.30. The van der Waals surface area contributed by atoms with E-state index in [1.807, 2.05) is 48.5 Å². The fraction of sp³-hybridized carbons (Fsp3) is 0.143. The Morgan fingerprint density at radius 1 is 1.11 bits per heavy atom. The molecule has 0 bridgehead atoms. The van der Waals surface area contributed by atoms with Crippen LogP contribution in [-0.2, 0) is 0 Å². The SMILES string of the molecule is NNC(CSc1ccccc1Cl)c1cccc(Cl)c1. The molecule has 0 saturated carbocycles. The van der Waals surface area contributed by atoms with Gasteiger partial charge in [-0.3, -0.25) is 11.3 Å². The van der Waals surface area contributed by atoms with Crippen molar-refractivity contribution in [3.05, 3.63) is 64.1 Å². The summed E-state index contributed by atoms with van der Waals surface area (Å²) in [5.41, 5.74) is 3.88. The van der Waals surface area contributed by atoms with E-state index in [-0.39, 0.29) is 6.04 Å². The molecular weight excluding hydrogens is 299 g/mol. The van der Waals surface area contributed by atoms with Gasteiger partial charge in [0.15, 0.2) is 0 Å². The van der Waals surface area contributed by atoms with Gasteiger partial charge in [0.1, 0.15) is 0 Å². The van der Waals surface area contributed by atoms with Crippen molar-refractivity contribution < 1.29 is 0 Å². The molecule has 0 fully saturated rings. The standard InChI is InChI=1S/C14H14Cl2N2S/c15-11-5-3-4-10(8-11)13(18-17)9-19-14-7-2-1-6-12(14)16/h1-8,13,18H,9,17H2. The molecule has 0 aliphatic carbocycles. The number of hydrogen-bond donors (Lipinski definition) is 2. The van der Waals surface area contributed by atoms with E-state index < -0.39 is 0 Å². The molecule has 2 aromatic rings. The van der Waals surface area contributed by atoms with Crippen LogP contribution in [0.5, 0.6) is 0 Å². The molecule has 0 aliphatic heterocycles. The number of halogens is 2. The Morgan fingerprint density at radius 2 is 1.89 bits per heavy atom. The number of nitrogens with one attached hydrogen (secondary N) is 1. The van der Waals surface area contributed by atoms with Crippen molar-refractivity contribution in [1.82, 2.24) is 5.43 Å². The van der Waals surface area contributed by atoms with Gasteiger partial charge in [0, 0.05) is 15.7 Å². The summed E-state index contributed by atoms with van der Waals surface area (Å²) in [5.74, 6) is 6.40. The van der Waals surface area contributed by atoms with Crippen molar-refractivity contribution in [3.63, 3.8) is 0 Å². The minimum Gasteiger partial charge on any atom is -0.271 e. The predicted octanol–water partition coefficient (Wildman–Crippen LogP) is 4.29. The molecule has 0 saturated heterocycles. The maximum absolute atomic E-state index is 6.13. The van der Waals surface area contributed by atoms with Crippen molar-refractivity contribution in [2.24, 2.45) is 5.84 Å².